The van der Waals surface area contributed by atoms with E-state index in [1.54, 1.807) is 12.1 Å². The Balaban J connectivity index is 2.36. The third-order valence-electron chi connectivity index (χ3n) is 3.00. The normalized spacial score (nSPS) is 10.7. The summed E-state index contributed by atoms with van der Waals surface area (Å²) in [5.74, 6) is 0.615. The number of hydrogen-bond acceptors (Lipinski definition) is 2. The predicted molar refractivity (Wildman–Crippen MR) is 78.2 cm³/mol. The van der Waals surface area contributed by atoms with Crippen LogP contribution in [-0.4, -0.2) is 9.97 Å². The fourth-order valence-corrected chi connectivity index (χ4v) is 2.49. The van der Waals surface area contributed by atoms with Gasteiger partial charge in [-0.1, -0.05) is 36.2 Å². The predicted octanol–water partition coefficient (Wildman–Crippen LogP) is 3.54. The highest BCUT2D eigenvalue weighted by Crippen LogP contribution is 2.22. The average molecular weight is 297 g/mol. The Morgan fingerprint density at radius 1 is 1.32 bits per heavy atom. The summed E-state index contributed by atoms with van der Waals surface area (Å²) in [6, 6.07) is 5.30. The molecule has 0 amide bonds. The minimum atomic E-state index is -0.0740. The molecular formula is C14H14Cl2N2O. The van der Waals surface area contributed by atoms with Gasteiger partial charge < -0.3 is 4.98 Å². The maximum Gasteiger partial charge on any atom is 0.254 e. The Hall–Kier alpha value is -1.32. The van der Waals surface area contributed by atoms with Crippen molar-refractivity contribution in [1.82, 2.24) is 9.97 Å². The van der Waals surface area contributed by atoms with Gasteiger partial charge in [0.05, 0.1) is 0 Å². The quantitative estimate of drug-likeness (QED) is 0.942. The van der Waals surface area contributed by atoms with Gasteiger partial charge >= 0.3 is 0 Å². The minimum absolute atomic E-state index is 0.0740. The van der Waals surface area contributed by atoms with E-state index in [9.17, 15) is 4.79 Å². The first-order chi connectivity index (χ1) is 9.01. The first-order valence-electron chi connectivity index (χ1n) is 6.04. The van der Waals surface area contributed by atoms with Crippen molar-refractivity contribution in [3.63, 3.8) is 0 Å². The van der Waals surface area contributed by atoms with Crippen molar-refractivity contribution in [2.24, 2.45) is 0 Å². The average Bonchev–Trinajstić information content (AvgIpc) is 2.32. The van der Waals surface area contributed by atoms with Crippen LogP contribution in [0.3, 0.4) is 0 Å². The van der Waals surface area contributed by atoms with Crippen LogP contribution in [0.5, 0.6) is 0 Å². The van der Waals surface area contributed by atoms with Gasteiger partial charge in [-0.3, -0.25) is 4.79 Å². The lowest BCUT2D eigenvalue weighted by Gasteiger charge is -2.07. The van der Waals surface area contributed by atoms with Gasteiger partial charge in [0.15, 0.2) is 0 Å². The van der Waals surface area contributed by atoms with E-state index in [0.29, 0.717) is 28.7 Å². The van der Waals surface area contributed by atoms with Crippen LogP contribution in [0, 0.1) is 6.92 Å². The Bertz CT molecular complexity index is 665. The van der Waals surface area contributed by atoms with Gasteiger partial charge in [0.1, 0.15) is 5.82 Å². The van der Waals surface area contributed by atoms with E-state index in [0.717, 1.165) is 16.8 Å². The first-order valence-corrected chi connectivity index (χ1v) is 6.79. The Kier molecular flexibility index (Phi) is 4.27. The number of H-pyrrole nitrogens is 1. The zero-order chi connectivity index (χ0) is 14.0. The van der Waals surface area contributed by atoms with Crippen LogP contribution in [0.4, 0.5) is 0 Å². The van der Waals surface area contributed by atoms with Gasteiger partial charge in [-0.05, 0) is 31.0 Å². The van der Waals surface area contributed by atoms with Crippen LogP contribution in [-0.2, 0) is 12.8 Å². The van der Waals surface area contributed by atoms with E-state index in [2.05, 4.69) is 9.97 Å². The van der Waals surface area contributed by atoms with Crippen molar-refractivity contribution in [3.05, 3.63) is 61.2 Å². The highest BCUT2D eigenvalue weighted by molar-refractivity contribution is 6.35. The third-order valence-corrected chi connectivity index (χ3v) is 3.58. The zero-order valence-corrected chi connectivity index (χ0v) is 12.3. The van der Waals surface area contributed by atoms with E-state index in [-0.39, 0.29) is 5.56 Å². The monoisotopic (exact) mass is 296 g/mol. The molecule has 0 spiro atoms. The van der Waals surface area contributed by atoms with Crippen molar-refractivity contribution >= 4 is 23.2 Å². The molecule has 2 rings (SSSR count). The molecule has 1 heterocycles. The number of nitrogens with one attached hydrogen (secondary N) is 1. The van der Waals surface area contributed by atoms with Gasteiger partial charge in [0.25, 0.3) is 5.56 Å². The van der Waals surface area contributed by atoms with Crippen molar-refractivity contribution in [3.8, 4) is 0 Å². The number of nitrogens with zero attached hydrogens (tertiary/aromatic N) is 1. The molecule has 0 fully saturated rings. The van der Waals surface area contributed by atoms with Crippen LogP contribution >= 0.6 is 23.2 Å². The van der Waals surface area contributed by atoms with Crippen molar-refractivity contribution in [2.75, 3.05) is 0 Å². The molecule has 3 nitrogen and oxygen atoms in total. The maximum atomic E-state index is 11.9. The highest BCUT2D eigenvalue weighted by atomic mass is 35.5. The SMILES string of the molecule is CCc1c(C)nc(Cc2ccc(Cl)cc2Cl)[nH]c1=O. The molecule has 1 aromatic carbocycles. The molecule has 0 saturated carbocycles. The summed E-state index contributed by atoms with van der Waals surface area (Å²) in [6.45, 7) is 3.79. The standard InChI is InChI=1S/C14H14Cl2N2O/c1-3-11-8(2)17-13(18-14(11)19)6-9-4-5-10(15)7-12(9)16/h4-5,7H,3,6H2,1-2H3,(H,17,18,19). The molecule has 0 aliphatic heterocycles. The molecule has 5 heteroatoms. The summed E-state index contributed by atoms with van der Waals surface area (Å²) >= 11 is 12.0. The zero-order valence-electron chi connectivity index (χ0n) is 10.8. The smallest absolute Gasteiger partial charge is 0.254 e. The molecule has 0 atom stereocenters. The molecule has 0 radical (unpaired) electrons. The molecule has 0 saturated heterocycles. The molecule has 2 aromatic rings. The lowest BCUT2D eigenvalue weighted by molar-refractivity contribution is 0.879. The van der Waals surface area contributed by atoms with Crippen molar-refractivity contribution < 1.29 is 0 Å². The molecular weight excluding hydrogens is 283 g/mol. The Morgan fingerprint density at radius 3 is 2.63 bits per heavy atom. The Morgan fingerprint density at radius 2 is 2.05 bits per heavy atom. The summed E-state index contributed by atoms with van der Waals surface area (Å²) in [6.07, 6.45) is 1.16. The third kappa shape index (κ3) is 3.17. The minimum Gasteiger partial charge on any atom is -0.310 e. The second-order valence-electron chi connectivity index (χ2n) is 4.34. The maximum absolute atomic E-state index is 11.9. The number of aromatic nitrogens is 2. The van der Waals surface area contributed by atoms with E-state index < -0.39 is 0 Å². The molecule has 19 heavy (non-hydrogen) atoms. The lowest BCUT2D eigenvalue weighted by Crippen LogP contribution is -2.18. The topological polar surface area (TPSA) is 45.8 Å². The summed E-state index contributed by atoms with van der Waals surface area (Å²) in [4.78, 5) is 19.1. The number of aryl methyl sites for hydroxylation is 1. The van der Waals surface area contributed by atoms with E-state index >= 15 is 0 Å². The van der Waals surface area contributed by atoms with Crippen molar-refractivity contribution in [1.29, 1.82) is 0 Å². The molecule has 0 bridgehead atoms. The Labute approximate surface area is 121 Å². The largest absolute Gasteiger partial charge is 0.310 e. The molecule has 100 valence electrons. The van der Waals surface area contributed by atoms with Crippen LogP contribution in [0.2, 0.25) is 10.0 Å². The van der Waals surface area contributed by atoms with Gasteiger partial charge in [-0.25, -0.2) is 4.98 Å². The molecule has 0 unspecified atom stereocenters. The van der Waals surface area contributed by atoms with Gasteiger partial charge in [0, 0.05) is 27.7 Å². The van der Waals surface area contributed by atoms with E-state index in [1.807, 2.05) is 19.9 Å². The molecule has 1 N–H and O–H groups in total. The number of rotatable bonds is 3. The van der Waals surface area contributed by atoms with Gasteiger partial charge in [-0.2, -0.15) is 0 Å². The van der Waals surface area contributed by atoms with Crippen LogP contribution in [0.15, 0.2) is 23.0 Å². The second kappa shape index (κ2) is 5.76. The molecule has 0 aliphatic rings. The van der Waals surface area contributed by atoms with Gasteiger partial charge in [-0.15, -0.1) is 0 Å². The van der Waals surface area contributed by atoms with Gasteiger partial charge in [0.2, 0.25) is 0 Å². The second-order valence-corrected chi connectivity index (χ2v) is 5.19. The fraction of sp³-hybridized carbons (Fsp3) is 0.286. The number of benzene rings is 1. The van der Waals surface area contributed by atoms with E-state index in [1.165, 1.54) is 0 Å². The number of halogens is 2. The number of hydrogen-bond donors (Lipinski definition) is 1. The summed E-state index contributed by atoms with van der Waals surface area (Å²) in [5.41, 5.74) is 2.31. The van der Waals surface area contributed by atoms with Crippen LogP contribution < -0.4 is 5.56 Å². The molecule has 1 aromatic heterocycles. The summed E-state index contributed by atoms with van der Waals surface area (Å²) in [7, 11) is 0. The first kappa shape index (κ1) is 14.1. The van der Waals surface area contributed by atoms with Crippen molar-refractivity contribution in [2.45, 2.75) is 26.7 Å². The summed E-state index contributed by atoms with van der Waals surface area (Å²) in [5, 5.41) is 1.17. The highest BCUT2D eigenvalue weighted by Gasteiger charge is 2.08. The molecule has 0 aliphatic carbocycles. The van der Waals surface area contributed by atoms with Crippen LogP contribution in [0.1, 0.15) is 29.6 Å². The lowest BCUT2D eigenvalue weighted by atomic mass is 10.1. The summed E-state index contributed by atoms with van der Waals surface area (Å²) < 4.78 is 0. The van der Waals surface area contributed by atoms with Crippen LogP contribution in [0.25, 0.3) is 0 Å². The fourth-order valence-electron chi connectivity index (χ4n) is 2.01. The number of aromatic amines is 1. The van der Waals surface area contributed by atoms with E-state index in [4.69, 9.17) is 23.2 Å².